The Kier molecular flexibility index (Phi) is 2.96. The first kappa shape index (κ1) is 12.1. The Morgan fingerprint density at radius 2 is 2.06 bits per heavy atom. The summed E-state index contributed by atoms with van der Waals surface area (Å²) in [6.07, 6.45) is 0.582. The molecule has 0 fully saturated rings. The van der Waals surface area contributed by atoms with Crippen molar-refractivity contribution in [3.63, 3.8) is 0 Å². The first-order chi connectivity index (χ1) is 7.89. The van der Waals surface area contributed by atoms with Crippen LogP contribution in [-0.2, 0) is 5.41 Å². The monoisotopic (exact) mass is 233 g/mol. The lowest BCUT2D eigenvalue weighted by atomic mass is 9.85. The minimum absolute atomic E-state index is 0.0106. The van der Waals surface area contributed by atoms with Crippen molar-refractivity contribution in [1.29, 1.82) is 0 Å². The van der Waals surface area contributed by atoms with Crippen molar-refractivity contribution in [3.05, 3.63) is 29.3 Å². The van der Waals surface area contributed by atoms with E-state index < -0.39 is 6.04 Å². The number of carbonyl (C=O) groups excluding carboxylic acids is 1. The average molecular weight is 233 g/mol. The number of ether oxygens (including phenoxy) is 1. The summed E-state index contributed by atoms with van der Waals surface area (Å²) < 4.78 is 5.56. The molecule has 1 atom stereocenters. The molecule has 0 bridgehead atoms. The Morgan fingerprint density at radius 3 is 2.71 bits per heavy atom. The van der Waals surface area contributed by atoms with E-state index >= 15 is 0 Å². The summed E-state index contributed by atoms with van der Waals surface area (Å²) in [5.74, 6) is 0.652. The van der Waals surface area contributed by atoms with Crippen LogP contribution in [0.1, 0.15) is 43.1 Å². The highest BCUT2D eigenvalue weighted by Crippen LogP contribution is 2.30. The fraction of sp³-hybridized carbons (Fsp3) is 0.500. The van der Waals surface area contributed by atoms with Crippen LogP contribution in [0.4, 0.5) is 0 Å². The lowest BCUT2D eigenvalue weighted by molar-refractivity contribution is 0.0960. The van der Waals surface area contributed by atoms with E-state index in [4.69, 9.17) is 10.5 Å². The number of nitrogens with two attached hydrogens (primary N) is 1. The third kappa shape index (κ3) is 2.34. The molecule has 0 saturated carbocycles. The summed E-state index contributed by atoms with van der Waals surface area (Å²) in [6.45, 7) is 6.87. The van der Waals surface area contributed by atoms with Gasteiger partial charge in [-0.2, -0.15) is 0 Å². The zero-order valence-corrected chi connectivity index (χ0v) is 10.6. The average Bonchev–Trinajstić information content (AvgIpc) is 2.39. The predicted molar refractivity (Wildman–Crippen MR) is 67.6 cm³/mol. The molecule has 1 aliphatic heterocycles. The highest BCUT2D eigenvalue weighted by molar-refractivity contribution is 6.02. The second kappa shape index (κ2) is 4.15. The Labute approximate surface area is 102 Å². The number of benzene rings is 1. The van der Waals surface area contributed by atoms with Gasteiger partial charge in [0.1, 0.15) is 5.75 Å². The first-order valence-corrected chi connectivity index (χ1v) is 5.97. The van der Waals surface area contributed by atoms with Crippen molar-refractivity contribution >= 4 is 5.78 Å². The summed E-state index contributed by atoms with van der Waals surface area (Å²) >= 11 is 0. The number of carbonyl (C=O) groups is 1. The Bertz CT molecular complexity index is 446. The molecule has 3 heteroatoms. The van der Waals surface area contributed by atoms with Gasteiger partial charge in [0.15, 0.2) is 5.78 Å². The number of fused-ring (bicyclic) bond motifs is 1. The maximum Gasteiger partial charge on any atom is 0.183 e. The summed E-state index contributed by atoms with van der Waals surface area (Å²) in [5, 5.41) is 0. The summed E-state index contributed by atoms with van der Waals surface area (Å²) in [4.78, 5) is 12.1. The minimum Gasteiger partial charge on any atom is -0.493 e. The molecule has 1 aromatic rings. The third-order valence-electron chi connectivity index (χ3n) is 3.13. The van der Waals surface area contributed by atoms with Crippen LogP contribution in [0.5, 0.6) is 5.75 Å². The topological polar surface area (TPSA) is 52.3 Å². The number of rotatable bonds is 0. The first-order valence-electron chi connectivity index (χ1n) is 5.97. The lowest BCUT2D eigenvalue weighted by Gasteiger charge is -2.20. The normalized spacial score (nSPS) is 20.5. The summed E-state index contributed by atoms with van der Waals surface area (Å²) in [6, 6.07) is 5.38. The maximum atomic E-state index is 12.1. The molecule has 92 valence electrons. The van der Waals surface area contributed by atoms with E-state index in [1.807, 2.05) is 18.2 Å². The number of Topliss-reactive ketones (excluding diaryl/α,β-unsaturated/α-hetero) is 1. The summed E-state index contributed by atoms with van der Waals surface area (Å²) in [5.41, 5.74) is 7.60. The second-order valence-corrected chi connectivity index (χ2v) is 5.57. The molecular formula is C14H19NO2. The van der Waals surface area contributed by atoms with Gasteiger partial charge in [-0.25, -0.2) is 0 Å². The molecule has 0 aliphatic carbocycles. The van der Waals surface area contributed by atoms with E-state index in [-0.39, 0.29) is 11.2 Å². The van der Waals surface area contributed by atoms with Gasteiger partial charge in [-0.05, 0) is 23.1 Å². The van der Waals surface area contributed by atoms with Crippen LogP contribution in [0.3, 0.4) is 0 Å². The van der Waals surface area contributed by atoms with Gasteiger partial charge < -0.3 is 10.5 Å². The fourth-order valence-corrected chi connectivity index (χ4v) is 1.94. The number of ketones is 1. The van der Waals surface area contributed by atoms with E-state index in [0.717, 1.165) is 5.56 Å². The van der Waals surface area contributed by atoms with Crippen molar-refractivity contribution in [2.24, 2.45) is 5.73 Å². The molecule has 3 nitrogen and oxygen atoms in total. The second-order valence-electron chi connectivity index (χ2n) is 5.57. The number of hydrogen-bond acceptors (Lipinski definition) is 3. The molecule has 2 rings (SSSR count). The lowest BCUT2D eigenvalue weighted by Crippen LogP contribution is -2.30. The molecule has 0 aromatic heterocycles. The largest absolute Gasteiger partial charge is 0.493 e. The van der Waals surface area contributed by atoms with Gasteiger partial charge in [0, 0.05) is 6.42 Å². The van der Waals surface area contributed by atoms with Gasteiger partial charge in [0.05, 0.1) is 18.2 Å². The Morgan fingerprint density at radius 1 is 1.35 bits per heavy atom. The molecule has 1 heterocycles. The highest BCUT2D eigenvalue weighted by Gasteiger charge is 2.25. The van der Waals surface area contributed by atoms with Gasteiger partial charge >= 0.3 is 0 Å². The molecule has 0 amide bonds. The van der Waals surface area contributed by atoms with Gasteiger partial charge in [-0.1, -0.05) is 26.8 Å². The standard InChI is InChI=1S/C14H19NO2/c1-14(2,3)9-4-5-12-10(8-9)13(16)11(15)6-7-17-12/h4-5,8,11H,6-7,15H2,1-3H3. The molecule has 0 radical (unpaired) electrons. The SMILES string of the molecule is CC(C)(C)c1ccc2c(c1)C(=O)C(N)CCO2. The smallest absolute Gasteiger partial charge is 0.183 e. The van der Waals surface area contributed by atoms with E-state index in [9.17, 15) is 4.79 Å². The molecular weight excluding hydrogens is 214 g/mol. The van der Waals surface area contributed by atoms with Crippen LogP contribution >= 0.6 is 0 Å². The van der Waals surface area contributed by atoms with Gasteiger partial charge in [0.2, 0.25) is 0 Å². The zero-order valence-electron chi connectivity index (χ0n) is 10.6. The van der Waals surface area contributed by atoms with Crippen molar-refractivity contribution in [2.45, 2.75) is 38.6 Å². The van der Waals surface area contributed by atoms with E-state index in [0.29, 0.717) is 24.3 Å². The van der Waals surface area contributed by atoms with Crippen LogP contribution in [0, 0.1) is 0 Å². The molecule has 0 saturated heterocycles. The molecule has 0 spiro atoms. The minimum atomic E-state index is -0.438. The van der Waals surface area contributed by atoms with Gasteiger partial charge in [-0.3, -0.25) is 4.79 Å². The number of hydrogen-bond donors (Lipinski definition) is 1. The van der Waals surface area contributed by atoms with Crippen molar-refractivity contribution in [3.8, 4) is 5.75 Å². The molecule has 1 aromatic carbocycles. The quantitative estimate of drug-likeness (QED) is 0.748. The summed E-state index contributed by atoms with van der Waals surface area (Å²) in [7, 11) is 0. The van der Waals surface area contributed by atoms with Crippen LogP contribution < -0.4 is 10.5 Å². The van der Waals surface area contributed by atoms with Crippen molar-refractivity contribution in [2.75, 3.05) is 6.61 Å². The van der Waals surface area contributed by atoms with E-state index in [2.05, 4.69) is 20.8 Å². The molecule has 1 unspecified atom stereocenters. The highest BCUT2D eigenvalue weighted by atomic mass is 16.5. The van der Waals surface area contributed by atoms with Gasteiger partial charge in [0.25, 0.3) is 0 Å². The van der Waals surface area contributed by atoms with Gasteiger partial charge in [-0.15, -0.1) is 0 Å². The van der Waals surface area contributed by atoms with Crippen LogP contribution in [0.15, 0.2) is 18.2 Å². The van der Waals surface area contributed by atoms with Crippen LogP contribution in [0.25, 0.3) is 0 Å². The van der Waals surface area contributed by atoms with Crippen LogP contribution in [-0.4, -0.2) is 18.4 Å². The van der Waals surface area contributed by atoms with E-state index in [1.165, 1.54) is 0 Å². The Hall–Kier alpha value is -1.35. The van der Waals surface area contributed by atoms with Crippen molar-refractivity contribution < 1.29 is 9.53 Å². The molecule has 1 aliphatic rings. The van der Waals surface area contributed by atoms with Crippen LogP contribution in [0.2, 0.25) is 0 Å². The predicted octanol–water partition coefficient (Wildman–Crippen LogP) is 2.28. The molecule has 2 N–H and O–H groups in total. The van der Waals surface area contributed by atoms with Crippen molar-refractivity contribution in [1.82, 2.24) is 0 Å². The zero-order chi connectivity index (χ0) is 12.6. The van der Waals surface area contributed by atoms with E-state index in [1.54, 1.807) is 0 Å². The third-order valence-corrected chi connectivity index (χ3v) is 3.13. The molecule has 17 heavy (non-hydrogen) atoms. The maximum absolute atomic E-state index is 12.1. The fourth-order valence-electron chi connectivity index (χ4n) is 1.94. The Balaban J connectivity index is 2.49.